The zero-order valence-electron chi connectivity index (χ0n) is 6.10. The van der Waals surface area contributed by atoms with Crippen LogP contribution in [0.25, 0.3) is 0 Å². The van der Waals surface area contributed by atoms with Gasteiger partial charge in [-0.1, -0.05) is 0 Å². The Morgan fingerprint density at radius 3 is 2.54 bits per heavy atom. The van der Waals surface area contributed by atoms with Gasteiger partial charge in [-0.3, -0.25) is 9.78 Å². The topological polar surface area (TPSA) is 30.0 Å². The number of alkyl halides is 3. The molecule has 0 aliphatic carbocycles. The van der Waals surface area contributed by atoms with Crippen LogP contribution in [0.2, 0.25) is 0 Å². The molecule has 1 aromatic rings. The molecule has 0 aliphatic rings. The number of hydrogen-bond donors (Lipinski definition) is 0. The van der Waals surface area contributed by atoms with Crippen molar-refractivity contribution in [1.82, 2.24) is 4.98 Å². The van der Waals surface area contributed by atoms with Crippen LogP contribution in [0.1, 0.15) is 16.1 Å². The summed E-state index contributed by atoms with van der Waals surface area (Å²) >= 11 is 2.70. The van der Waals surface area contributed by atoms with Crippen molar-refractivity contribution in [3.63, 3.8) is 0 Å². The third-order valence-corrected chi connectivity index (χ3v) is 1.93. The molecule has 0 bridgehead atoms. The van der Waals surface area contributed by atoms with Crippen LogP contribution in [0.4, 0.5) is 13.2 Å². The van der Waals surface area contributed by atoms with Crippen molar-refractivity contribution >= 4 is 22.2 Å². The molecule has 0 aliphatic heterocycles. The van der Waals surface area contributed by atoms with E-state index in [9.17, 15) is 18.0 Å². The van der Waals surface area contributed by atoms with E-state index in [1.165, 1.54) is 0 Å². The van der Waals surface area contributed by atoms with Crippen molar-refractivity contribution < 1.29 is 18.0 Å². The highest BCUT2D eigenvalue weighted by atomic mass is 79.9. The largest absolute Gasteiger partial charge is 0.417 e. The molecule has 0 N–H and O–H groups in total. The maximum atomic E-state index is 12.2. The van der Waals surface area contributed by atoms with Gasteiger partial charge in [0.05, 0.1) is 5.56 Å². The molecule has 6 heteroatoms. The highest BCUT2D eigenvalue weighted by Gasteiger charge is 2.33. The highest BCUT2D eigenvalue weighted by Crippen LogP contribution is 2.34. The van der Waals surface area contributed by atoms with Crippen LogP contribution in [0.5, 0.6) is 0 Å². The quantitative estimate of drug-likeness (QED) is 0.721. The lowest BCUT2D eigenvalue weighted by molar-refractivity contribution is -0.138. The normalized spacial score (nSPS) is 11.4. The Morgan fingerprint density at radius 1 is 1.46 bits per heavy atom. The minimum atomic E-state index is -4.47. The van der Waals surface area contributed by atoms with E-state index in [4.69, 9.17) is 0 Å². The lowest BCUT2D eigenvalue weighted by Gasteiger charge is -2.08. The standard InChI is InChI=1S/C7H3BrF3NO/c8-6-2-12-4(3-13)1-5(6)7(9,10)11/h1-3H. The Labute approximate surface area is 79.9 Å². The summed E-state index contributed by atoms with van der Waals surface area (Å²) in [5.41, 5.74) is -1.14. The molecule has 0 aromatic carbocycles. The molecule has 0 saturated carbocycles. The van der Waals surface area contributed by atoms with E-state index in [1.807, 2.05) is 0 Å². The number of hydrogen-bond acceptors (Lipinski definition) is 2. The molecule has 0 amide bonds. The Kier molecular flexibility index (Phi) is 2.70. The van der Waals surface area contributed by atoms with Crippen molar-refractivity contribution in [2.24, 2.45) is 0 Å². The molecule has 1 aromatic heterocycles. The summed E-state index contributed by atoms with van der Waals surface area (Å²) in [7, 11) is 0. The molecule has 70 valence electrons. The zero-order valence-corrected chi connectivity index (χ0v) is 7.69. The fourth-order valence-electron chi connectivity index (χ4n) is 0.737. The molecule has 0 atom stereocenters. The summed E-state index contributed by atoms with van der Waals surface area (Å²) in [6.45, 7) is 0. The first-order chi connectivity index (χ1) is 5.95. The van der Waals surface area contributed by atoms with E-state index < -0.39 is 11.7 Å². The van der Waals surface area contributed by atoms with Gasteiger partial charge in [0.15, 0.2) is 6.29 Å². The van der Waals surface area contributed by atoms with Crippen molar-refractivity contribution in [3.05, 3.63) is 28.0 Å². The maximum Gasteiger partial charge on any atom is 0.417 e. The van der Waals surface area contributed by atoms with Gasteiger partial charge in [0.25, 0.3) is 0 Å². The van der Waals surface area contributed by atoms with Gasteiger partial charge in [-0.25, -0.2) is 0 Å². The number of carbonyl (C=O) groups excluding carboxylic acids is 1. The van der Waals surface area contributed by atoms with E-state index in [0.717, 1.165) is 6.20 Å². The Hall–Kier alpha value is -0.910. The number of halogens is 4. The van der Waals surface area contributed by atoms with Gasteiger partial charge in [-0.05, 0) is 22.0 Å². The number of aromatic nitrogens is 1. The Balaban J connectivity index is 3.27. The predicted octanol–water partition coefficient (Wildman–Crippen LogP) is 2.68. The monoisotopic (exact) mass is 253 g/mol. The first kappa shape index (κ1) is 10.2. The highest BCUT2D eigenvalue weighted by molar-refractivity contribution is 9.10. The second kappa shape index (κ2) is 3.45. The van der Waals surface area contributed by atoms with E-state index in [-0.39, 0.29) is 16.5 Å². The Morgan fingerprint density at radius 2 is 2.08 bits per heavy atom. The maximum absolute atomic E-state index is 12.2. The van der Waals surface area contributed by atoms with Crippen LogP contribution in [0.15, 0.2) is 16.7 Å². The molecular weight excluding hydrogens is 251 g/mol. The third kappa shape index (κ3) is 2.27. The van der Waals surface area contributed by atoms with E-state index in [2.05, 4.69) is 20.9 Å². The summed E-state index contributed by atoms with van der Waals surface area (Å²) < 4.78 is 36.4. The first-order valence-electron chi connectivity index (χ1n) is 3.13. The molecule has 0 spiro atoms. The number of nitrogens with zero attached hydrogens (tertiary/aromatic N) is 1. The average Bonchev–Trinajstić information content (AvgIpc) is 2.03. The van der Waals surface area contributed by atoms with Gasteiger partial charge < -0.3 is 0 Å². The summed E-state index contributed by atoms with van der Waals surface area (Å²) in [6, 6.07) is 0.692. The summed E-state index contributed by atoms with van der Waals surface area (Å²) in [5, 5.41) is 0. The van der Waals surface area contributed by atoms with Crippen molar-refractivity contribution in [2.45, 2.75) is 6.18 Å². The molecule has 13 heavy (non-hydrogen) atoms. The fourth-order valence-corrected chi connectivity index (χ4v) is 1.18. The molecule has 0 fully saturated rings. The summed E-state index contributed by atoms with van der Waals surface area (Å²) in [6.07, 6.45) is -3.26. The lowest BCUT2D eigenvalue weighted by Crippen LogP contribution is -2.07. The zero-order chi connectivity index (χ0) is 10.1. The number of carbonyl (C=O) groups is 1. The molecule has 1 heterocycles. The first-order valence-corrected chi connectivity index (χ1v) is 3.92. The van der Waals surface area contributed by atoms with Gasteiger partial charge in [-0.2, -0.15) is 13.2 Å². The van der Waals surface area contributed by atoms with Gasteiger partial charge in [0.1, 0.15) is 5.69 Å². The summed E-state index contributed by atoms with van der Waals surface area (Å²) in [4.78, 5) is 13.6. The van der Waals surface area contributed by atoms with Crippen LogP contribution in [-0.2, 0) is 6.18 Å². The minimum absolute atomic E-state index is 0.175. The number of aldehydes is 1. The molecule has 2 nitrogen and oxygen atoms in total. The smallest absolute Gasteiger partial charge is 0.296 e. The Bertz CT molecular complexity index is 337. The summed E-state index contributed by atoms with van der Waals surface area (Å²) in [5.74, 6) is 0. The van der Waals surface area contributed by atoms with Crippen LogP contribution in [0, 0.1) is 0 Å². The van der Waals surface area contributed by atoms with Gasteiger partial charge in [0.2, 0.25) is 0 Å². The van der Waals surface area contributed by atoms with E-state index >= 15 is 0 Å². The van der Waals surface area contributed by atoms with E-state index in [0.29, 0.717) is 6.07 Å². The van der Waals surface area contributed by atoms with Crippen LogP contribution < -0.4 is 0 Å². The minimum Gasteiger partial charge on any atom is -0.296 e. The van der Waals surface area contributed by atoms with Crippen LogP contribution in [0.3, 0.4) is 0 Å². The predicted molar refractivity (Wildman–Crippen MR) is 42.3 cm³/mol. The second-order valence-electron chi connectivity index (χ2n) is 2.20. The van der Waals surface area contributed by atoms with Crippen molar-refractivity contribution in [2.75, 3.05) is 0 Å². The molecule has 0 saturated heterocycles. The SMILES string of the molecule is O=Cc1cc(C(F)(F)F)c(Br)cn1. The third-order valence-electron chi connectivity index (χ3n) is 1.30. The fraction of sp³-hybridized carbons (Fsp3) is 0.143. The number of rotatable bonds is 1. The number of pyridine rings is 1. The van der Waals surface area contributed by atoms with Gasteiger partial charge >= 0.3 is 6.18 Å². The van der Waals surface area contributed by atoms with Crippen molar-refractivity contribution in [3.8, 4) is 0 Å². The van der Waals surface area contributed by atoms with Crippen molar-refractivity contribution in [1.29, 1.82) is 0 Å². The molecule has 0 radical (unpaired) electrons. The average molecular weight is 254 g/mol. The second-order valence-corrected chi connectivity index (χ2v) is 3.06. The van der Waals surface area contributed by atoms with Gasteiger partial charge in [-0.15, -0.1) is 0 Å². The van der Waals surface area contributed by atoms with Crippen LogP contribution in [-0.4, -0.2) is 11.3 Å². The molecule has 0 unspecified atom stereocenters. The van der Waals surface area contributed by atoms with E-state index in [1.54, 1.807) is 0 Å². The van der Waals surface area contributed by atoms with Gasteiger partial charge in [0, 0.05) is 10.7 Å². The van der Waals surface area contributed by atoms with Crippen LogP contribution >= 0.6 is 15.9 Å². The molecular formula is C7H3BrF3NO. The molecule has 1 rings (SSSR count). The lowest BCUT2D eigenvalue weighted by atomic mass is 10.2.